The summed E-state index contributed by atoms with van der Waals surface area (Å²) in [6.45, 7) is 0.691. The molecule has 3 rings (SSSR count). The third kappa shape index (κ3) is 3.20. The average molecular weight is 281 g/mol. The molecule has 0 aliphatic rings. The molecule has 21 heavy (non-hydrogen) atoms. The molecule has 0 amide bonds. The Morgan fingerprint density at radius 2 is 2.14 bits per heavy atom. The SMILES string of the molecule is COc1ccc(CNc2cccc(-c3cnco3)c2)cn1. The minimum Gasteiger partial charge on any atom is -0.481 e. The molecule has 0 radical (unpaired) electrons. The van der Waals surface area contributed by atoms with Crippen LogP contribution in [0.2, 0.25) is 0 Å². The lowest BCUT2D eigenvalue weighted by Crippen LogP contribution is -2.00. The van der Waals surface area contributed by atoms with Crippen molar-refractivity contribution in [1.82, 2.24) is 9.97 Å². The largest absolute Gasteiger partial charge is 0.481 e. The summed E-state index contributed by atoms with van der Waals surface area (Å²) in [5.41, 5.74) is 3.09. The van der Waals surface area contributed by atoms with E-state index in [-0.39, 0.29) is 0 Å². The number of ether oxygens (including phenoxy) is 1. The van der Waals surface area contributed by atoms with Crippen LogP contribution in [0.1, 0.15) is 5.56 Å². The Kier molecular flexibility index (Phi) is 3.82. The maximum absolute atomic E-state index is 5.30. The van der Waals surface area contributed by atoms with Crippen LogP contribution in [-0.4, -0.2) is 17.1 Å². The summed E-state index contributed by atoms with van der Waals surface area (Å²) in [4.78, 5) is 8.11. The fourth-order valence-electron chi connectivity index (χ4n) is 1.98. The van der Waals surface area contributed by atoms with Gasteiger partial charge in [0.25, 0.3) is 0 Å². The molecule has 2 heterocycles. The first-order valence-corrected chi connectivity index (χ1v) is 6.57. The van der Waals surface area contributed by atoms with Crippen LogP contribution in [0.5, 0.6) is 5.88 Å². The van der Waals surface area contributed by atoms with E-state index in [1.165, 1.54) is 6.39 Å². The van der Waals surface area contributed by atoms with Crippen molar-refractivity contribution in [2.24, 2.45) is 0 Å². The standard InChI is InChI=1S/C16H15N3O2/c1-20-16-6-5-12(9-19-16)8-18-14-4-2-3-13(7-14)15-10-17-11-21-15/h2-7,9-11,18H,8H2,1H3. The number of pyridine rings is 1. The van der Waals surface area contributed by atoms with Crippen LogP contribution < -0.4 is 10.1 Å². The minimum atomic E-state index is 0.617. The van der Waals surface area contributed by atoms with E-state index < -0.39 is 0 Å². The third-order valence-electron chi connectivity index (χ3n) is 3.08. The molecule has 0 saturated carbocycles. The number of nitrogens with one attached hydrogen (secondary N) is 1. The van der Waals surface area contributed by atoms with Crippen molar-refractivity contribution in [2.75, 3.05) is 12.4 Å². The Bertz CT molecular complexity index is 694. The second kappa shape index (κ2) is 6.09. The lowest BCUT2D eigenvalue weighted by Gasteiger charge is -2.08. The molecule has 2 aromatic heterocycles. The van der Waals surface area contributed by atoms with E-state index in [1.807, 2.05) is 36.4 Å². The number of aromatic nitrogens is 2. The highest BCUT2D eigenvalue weighted by molar-refractivity contribution is 5.63. The Morgan fingerprint density at radius 1 is 1.19 bits per heavy atom. The zero-order chi connectivity index (χ0) is 14.5. The number of anilines is 1. The van der Waals surface area contributed by atoms with Gasteiger partial charge in [0, 0.05) is 30.1 Å². The maximum atomic E-state index is 5.30. The van der Waals surface area contributed by atoms with Crippen molar-refractivity contribution in [1.29, 1.82) is 0 Å². The van der Waals surface area contributed by atoms with Crippen LogP contribution in [0.4, 0.5) is 5.69 Å². The van der Waals surface area contributed by atoms with Crippen molar-refractivity contribution in [3.8, 4) is 17.2 Å². The van der Waals surface area contributed by atoms with Gasteiger partial charge in [0.05, 0.1) is 13.3 Å². The second-order valence-electron chi connectivity index (χ2n) is 4.51. The smallest absolute Gasteiger partial charge is 0.212 e. The van der Waals surface area contributed by atoms with Crippen LogP contribution in [0.3, 0.4) is 0 Å². The highest BCUT2D eigenvalue weighted by Gasteiger charge is 2.02. The molecule has 0 bridgehead atoms. The molecule has 0 spiro atoms. The highest BCUT2D eigenvalue weighted by Crippen LogP contribution is 2.22. The molecule has 3 aromatic rings. The van der Waals surface area contributed by atoms with Gasteiger partial charge in [-0.05, 0) is 17.7 Å². The van der Waals surface area contributed by atoms with E-state index in [1.54, 1.807) is 19.5 Å². The van der Waals surface area contributed by atoms with Crippen LogP contribution in [-0.2, 0) is 6.54 Å². The summed E-state index contributed by atoms with van der Waals surface area (Å²) in [6.07, 6.45) is 4.93. The molecule has 5 nitrogen and oxygen atoms in total. The van der Waals surface area contributed by atoms with E-state index in [9.17, 15) is 0 Å². The molecule has 0 atom stereocenters. The molecule has 1 N–H and O–H groups in total. The Morgan fingerprint density at radius 3 is 2.86 bits per heavy atom. The first-order chi connectivity index (χ1) is 10.3. The molecular formula is C16H15N3O2. The predicted octanol–water partition coefficient (Wildman–Crippen LogP) is 3.36. The number of rotatable bonds is 5. The maximum Gasteiger partial charge on any atom is 0.212 e. The van der Waals surface area contributed by atoms with Gasteiger partial charge in [-0.2, -0.15) is 0 Å². The van der Waals surface area contributed by atoms with E-state index in [4.69, 9.17) is 9.15 Å². The number of benzene rings is 1. The zero-order valence-corrected chi connectivity index (χ0v) is 11.6. The van der Waals surface area contributed by atoms with Crippen molar-refractivity contribution >= 4 is 5.69 Å². The third-order valence-corrected chi connectivity index (χ3v) is 3.08. The van der Waals surface area contributed by atoms with Gasteiger partial charge >= 0.3 is 0 Å². The molecule has 0 unspecified atom stereocenters. The normalized spacial score (nSPS) is 10.3. The van der Waals surface area contributed by atoms with Crippen LogP contribution >= 0.6 is 0 Å². The van der Waals surface area contributed by atoms with Gasteiger partial charge in [-0.15, -0.1) is 0 Å². The molecular weight excluding hydrogens is 266 g/mol. The summed E-state index contributed by atoms with van der Waals surface area (Å²) in [5, 5.41) is 3.36. The van der Waals surface area contributed by atoms with Crippen molar-refractivity contribution in [2.45, 2.75) is 6.54 Å². The van der Waals surface area contributed by atoms with Crippen LogP contribution in [0.15, 0.2) is 59.6 Å². The van der Waals surface area contributed by atoms with Crippen molar-refractivity contribution in [3.63, 3.8) is 0 Å². The Labute approximate surface area is 122 Å². The molecule has 0 saturated heterocycles. The molecule has 106 valence electrons. The molecule has 0 aliphatic carbocycles. The predicted molar refractivity (Wildman–Crippen MR) is 80.1 cm³/mol. The monoisotopic (exact) mass is 281 g/mol. The topological polar surface area (TPSA) is 60.2 Å². The van der Waals surface area contributed by atoms with Gasteiger partial charge < -0.3 is 14.5 Å². The number of hydrogen-bond acceptors (Lipinski definition) is 5. The van der Waals surface area contributed by atoms with Crippen LogP contribution in [0.25, 0.3) is 11.3 Å². The second-order valence-corrected chi connectivity index (χ2v) is 4.51. The highest BCUT2D eigenvalue weighted by atomic mass is 16.5. The van der Waals surface area contributed by atoms with E-state index in [2.05, 4.69) is 15.3 Å². The summed E-state index contributed by atoms with van der Waals surface area (Å²) in [7, 11) is 1.61. The minimum absolute atomic E-state index is 0.617. The van der Waals surface area contributed by atoms with Crippen LogP contribution in [0, 0.1) is 0 Å². The van der Waals surface area contributed by atoms with Gasteiger partial charge in [0.1, 0.15) is 0 Å². The van der Waals surface area contributed by atoms with E-state index in [0.717, 1.165) is 22.6 Å². The number of oxazole rings is 1. The lowest BCUT2D eigenvalue weighted by molar-refractivity contribution is 0.397. The quantitative estimate of drug-likeness (QED) is 0.777. The molecule has 5 heteroatoms. The van der Waals surface area contributed by atoms with Gasteiger partial charge in [-0.3, -0.25) is 0 Å². The number of nitrogens with zero attached hydrogens (tertiary/aromatic N) is 2. The van der Waals surface area contributed by atoms with E-state index >= 15 is 0 Å². The van der Waals surface area contributed by atoms with Crippen molar-refractivity contribution < 1.29 is 9.15 Å². The fraction of sp³-hybridized carbons (Fsp3) is 0.125. The van der Waals surface area contributed by atoms with E-state index in [0.29, 0.717) is 12.4 Å². The molecule has 0 aliphatic heterocycles. The number of hydrogen-bond donors (Lipinski definition) is 1. The lowest BCUT2D eigenvalue weighted by atomic mass is 10.1. The summed E-state index contributed by atoms with van der Waals surface area (Å²) in [6, 6.07) is 11.8. The summed E-state index contributed by atoms with van der Waals surface area (Å²) >= 11 is 0. The zero-order valence-electron chi connectivity index (χ0n) is 11.6. The van der Waals surface area contributed by atoms with Crippen molar-refractivity contribution in [3.05, 3.63) is 60.7 Å². The van der Waals surface area contributed by atoms with Gasteiger partial charge in [-0.1, -0.05) is 18.2 Å². The van der Waals surface area contributed by atoms with Gasteiger partial charge in [0.2, 0.25) is 5.88 Å². The summed E-state index contributed by atoms with van der Waals surface area (Å²) in [5.74, 6) is 1.37. The Hall–Kier alpha value is -2.82. The van der Waals surface area contributed by atoms with Gasteiger partial charge in [-0.25, -0.2) is 9.97 Å². The van der Waals surface area contributed by atoms with Gasteiger partial charge in [0.15, 0.2) is 12.2 Å². The average Bonchev–Trinajstić information content (AvgIpc) is 3.08. The number of methoxy groups -OCH3 is 1. The molecule has 0 fully saturated rings. The first-order valence-electron chi connectivity index (χ1n) is 6.57. The first kappa shape index (κ1) is 13.2. The molecule has 1 aromatic carbocycles. The summed E-state index contributed by atoms with van der Waals surface area (Å²) < 4.78 is 10.3. The fourth-order valence-corrected chi connectivity index (χ4v) is 1.98. The Balaban J connectivity index is 1.68.